The highest BCUT2D eigenvalue weighted by Crippen LogP contribution is 2.24. The fourth-order valence-electron chi connectivity index (χ4n) is 2.07. The van der Waals surface area contributed by atoms with Gasteiger partial charge in [0.05, 0.1) is 24.0 Å². The Morgan fingerprint density at radius 2 is 2.14 bits per heavy atom. The average Bonchev–Trinajstić information content (AvgIpc) is 2.53. The number of aromatic nitrogens is 1. The second kappa shape index (κ2) is 6.74. The second-order valence-corrected chi connectivity index (χ2v) is 4.76. The molecule has 0 saturated carbocycles. The first-order valence-corrected chi connectivity index (χ1v) is 6.70. The van der Waals surface area contributed by atoms with Crippen LogP contribution in [0.1, 0.15) is 16.1 Å². The van der Waals surface area contributed by atoms with Crippen LogP contribution in [0.3, 0.4) is 0 Å². The standard InChI is InChI=1S/C16H19N3O2/c1-19(10-8-13-5-3-4-9-18-13)15-11-12(16(20)21-2)6-7-14(15)17/h3-7,9,11H,8,10,17H2,1-2H3. The van der Waals surface area contributed by atoms with Crippen molar-refractivity contribution in [1.82, 2.24) is 4.98 Å². The van der Waals surface area contributed by atoms with Gasteiger partial charge < -0.3 is 15.4 Å². The zero-order chi connectivity index (χ0) is 15.2. The molecule has 0 unspecified atom stereocenters. The number of esters is 1. The number of benzene rings is 1. The number of nitrogen functional groups attached to an aromatic ring is 1. The van der Waals surface area contributed by atoms with Crippen LogP contribution in [0.25, 0.3) is 0 Å². The number of rotatable bonds is 5. The molecule has 0 radical (unpaired) electrons. The molecule has 2 rings (SSSR count). The fourth-order valence-corrected chi connectivity index (χ4v) is 2.07. The molecule has 1 aromatic carbocycles. The van der Waals surface area contributed by atoms with E-state index in [0.717, 1.165) is 24.3 Å². The van der Waals surface area contributed by atoms with Gasteiger partial charge in [0.15, 0.2) is 0 Å². The monoisotopic (exact) mass is 285 g/mol. The Bertz CT molecular complexity index is 614. The molecule has 0 amide bonds. The molecule has 0 atom stereocenters. The minimum atomic E-state index is -0.366. The number of carbonyl (C=O) groups excluding carboxylic acids is 1. The van der Waals surface area contributed by atoms with Crippen LogP contribution in [-0.4, -0.2) is 31.7 Å². The molecule has 2 N–H and O–H groups in total. The number of anilines is 2. The highest BCUT2D eigenvalue weighted by atomic mass is 16.5. The van der Waals surface area contributed by atoms with E-state index in [4.69, 9.17) is 10.5 Å². The molecule has 110 valence electrons. The van der Waals surface area contributed by atoms with Crippen LogP contribution in [0.4, 0.5) is 11.4 Å². The predicted octanol–water partition coefficient (Wildman–Crippen LogP) is 2.13. The van der Waals surface area contributed by atoms with Crippen molar-refractivity contribution >= 4 is 17.3 Å². The third kappa shape index (κ3) is 3.72. The molecule has 5 heteroatoms. The Hall–Kier alpha value is -2.56. The summed E-state index contributed by atoms with van der Waals surface area (Å²) < 4.78 is 4.73. The van der Waals surface area contributed by atoms with Gasteiger partial charge in [0.25, 0.3) is 0 Å². The lowest BCUT2D eigenvalue weighted by Gasteiger charge is -2.21. The van der Waals surface area contributed by atoms with Crippen molar-refractivity contribution in [1.29, 1.82) is 0 Å². The van der Waals surface area contributed by atoms with E-state index in [2.05, 4.69) is 4.98 Å². The zero-order valence-corrected chi connectivity index (χ0v) is 12.2. The normalized spacial score (nSPS) is 10.2. The van der Waals surface area contributed by atoms with Gasteiger partial charge in [-0.25, -0.2) is 4.79 Å². The van der Waals surface area contributed by atoms with Crippen molar-refractivity contribution in [2.24, 2.45) is 0 Å². The largest absolute Gasteiger partial charge is 0.465 e. The van der Waals surface area contributed by atoms with Gasteiger partial charge in [-0.05, 0) is 30.3 Å². The van der Waals surface area contributed by atoms with E-state index in [1.807, 2.05) is 30.1 Å². The molecular weight excluding hydrogens is 266 g/mol. The fraction of sp³-hybridized carbons (Fsp3) is 0.250. The van der Waals surface area contributed by atoms with Crippen molar-refractivity contribution in [2.45, 2.75) is 6.42 Å². The highest BCUT2D eigenvalue weighted by Gasteiger charge is 2.11. The minimum absolute atomic E-state index is 0.366. The quantitative estimate of drug-likeness (QED) is 0.673. The van der Waals surface area contributed by atoms with Crippen LogP contribution in [0.15, 0.2) is 42.6 Å². The number of hydrogen-bond donors (Lipinski definition) is 1. The summed E-state index contributed by atoms with van der Waals surface area (Å²) in [5, 5.41) is 0. The van der Waals surface area contributed by atoms with E-state index in [9.17, 15) is 4.79 Å². The van der Waals surface area contributed by atoms with Gasteiger partial charge in [0, 0.05) is 31.9 Å². The summed E-state index contributed by atoms with van der Waals surface area (Å²) in [6.07, 6.45) is 2.58. The summed E-state index contributed by atoms with van der Waals surface area (Å²) in [5.41, 5.74) is 8.95. The minimum Gasteiger partial charge on any atom is -0.465 e. The molecule has 21 heavy (non-hydrogen) atoms. The van der Waals surface area contributed by atoms with Gasteiger partial charge in [-0.3, -0.25) is 4.98 Å². The Morgan fingerprint density at radius 1 is 1.33 bits per heavy atom. The summed E-state index contributed by atoms with van der Waals surface area (Å²) in [5.74, 6) is -0.366. The molecule has 1 aromatic heterocycles. The molecule has 0 saturated heterocycles. The second-order valence-electron chi connectivity index (χ2n) is 4.76. The van der Waals surface area contributed by atoms with E-state index in [1.54, 1.807) is 24.4 Å². The Balaban J connectivity index is 2.11. The lowest BCUT2D eigenvalue weighted by atomic mass is 10.1. The maximum absolute atomic E-state index is 11.6. The summed E-state index contributed by atoms with van der Waals surface area (Å²) in [6, 6.07) is 11.0. The first kappa shape index (κ1) is 14.8. The number of ether oxygens (including phenoxy) is 1. The number of carbonyl (C=O) groups is 1. The topological polar surface area (TPSA) is 68.5 Å². The molecule has 0 spiro atoms. The van der Waals surface area contributed by atoms with Crippen LogP contribution in [-0.2, 0) is 11.2 Å². The van der Waals surface area contributed by atoms with Gasteiger partial charge in [-0.15, -0.1) is 0 Å². The van der Waals surface area contributed by atoms with Crippen molar-refractivity contribution < 1.29 is 9.53 Å². The van der Waals surface area contributed by atoms with Crippen molar-refractivity contribution in [2.75, 3.05) is 31.3 Å². The molecule has 0 aliphatic heterocycles. The van der Waals surface area contributed by atoms with E-state index in [0.29, 0.717) is 11.3 Å². The van der Waals surface area contributed by atoms with Crippen LogP contribution in [0, 0.1) is 0 Å². The first-order valence-electron chi connectivity index (χ1n) is 6.70. The van der Waals surface area contributed by atoms with Crippen LogP contribution in [0.5, 0.6) is 0 Å². The smallest absolute Gasteiger partial charge is 0.337 e. The molecular formula is C16H19N3O2. The number of likely N-dealkylation sites (N-methyl/N-ethyl adjacent to an activating group) is 1. The highest BCUT2D eigenvalue weighted by molar-refractivity contribution is 5.92. The average molecular weight is 285 g/mol. The van der Waals surface area contributed by atoms with E-state index >= 15 is 0 Å². The Morgan fingerprint density at radius 3 is 2.81 bits per heavy atom. The van der Waals surface area contributed by atoms with E-state index in [-0.39, 0.29) is 5.97 Å². The summed E-state index contributed by atoms with van der Waals surface area (Å²) in [7, 11) is 3.30. The molecule has 0 aliphatic rings. The van der Waals surface area contributed by atoms with Crippen LogP contribution in [0.2, 0.25) is 0 Å². The van der Waals surface area contributed by atoms with Crippen LogP contribution < -0.4 is 10.6 Å². The maximum atomic E-state index is 11.6. The molecule has 5 nitrogen and oxygen atoms in total. The molecule has 0 aliphatic carbocycles. The molecule has 2 aromatic rings. The third-order valence-corrected chi connectivity index (χ3v) is 3.29. The van der Waals surface area contributed by atoms with Crippen LogP contribution >= 0.6 is 0 Å². The molecule has 0 fully saturated rings. The van der Waals surface area contributed by atoms with Gasteiger partial charge in [0.2, 0.25) is 0 Å². The van der Waals surface area contributed by atoms with Gasteiger partial charge in [0.1, 0.15) is 0 Å². The van der Waals surface area contributed by atoms with Crippen molar-refractivity contribution in [3.05, 3.63) is 53.9 Å². The van der Waals surface area contributed by atoms with Crippen molar-refractivity contribution in [3.63, 3.8) is 0 Å². The van der Waals surface area contributed by atoms with Gasteiger partial charge >= 0.3 is 5.97 Å². The number of nitrogens with two attached hydrogens (primary N) is 1. The summed E-state index contributed by atoms with van der Waals surface area (Å²) in [4.78, 5) is 17.9. The first-order chi connectivity index (χ1) is 10.1. The van der Waals surface area contributed by atoms with Crippen molar-refractivity contribution in [3.8, 4) is 0 Å². The summed E-state index contributed by atoms with van der Waals surface area (Å²) >= 11 is 0. The zero-order valence-electron chi connectivity index (χ0n) is 12.2. The number of methoxy groups -OCH3 is 1. The lowest BCUT2D eigenvalue weighted by Crippen LogP contribution is -2.22. The van der Waals surface area contributed by atoms with E-state index < -0.39 is 0 Å². The van der Waals surface area contributed by atoms with Gasteiger partial charge in [-0.2, -0.15) is 0 Å². The number of hydrogen-bond acceptors (Lipinski definition) is 5. The SMILES string of the molecule is COC(=O)c1ccc(N)c(N(C)CCc2ccccn2)c1. The number of nitrogens with zero attached hydrogens (tertiary/aromatic N) is 2. The summed E-state index contributed by atoms with van der Waals surface area (Å²) in [6.45, 7) is 0.756. The Labute approximate surface area is 124 Å². The predicted molar refractivity (Wildman–Crippen MR) is 83.4 cm³/mol. The van der Waals surface area contributed by atoms with Gasteiger partial charge in [-0.1, -0.05) is 6.07 Å². The molecule has 0 bridgehead atoms. The Kier molecular flexibility index (Phi) is 4.77. The lowest BCUT2D eigenvalue weighted by molar-refractivity contribution is 0.0601. The maximum Gasteiger partial charge on any atom is 0.337 e. The molecule has 1 heterocycles. The van der Waals surface area contributed by atoms with E-state index in [1.165, 1.54) is 7.11 Å². The number of pyridine rings is 1. The third-order valence-electron chi connectivity index (χ3n) is 3.29.